The molecule has 0 saturated carbocycles. The molecule has 2 aromatic rings. The molecule has 128 valence electrons. The Hall–Kier alpha value is -2.00. The van der Waals surface area contributed by atoms with E-state index >= 15 is 0 Å². The highest BCUT2D eigenvalue weighted by Crippen LogP contribution is 2.30. The number of hydrogen-bond donors (Lipinski definition) is 2. The minimum Gasteiger partial charge on any atom is -0.508 e. The van der Waals surface area contributed by atoms with Crippen molar-refractivity contribution in [2.24, 2.45) is 0 Å². The van der Waals surface area contributed by atoms with Crippen molar-refractivity contribution in [3.05, 3.63) is 59.2 Å². The van der Waals surface area contributed by atoms with Crippen LogP contribution in [0.2, 0.25) is 0 Å². The van der Waals surface area contributed by atoms with E-state index in [4.69, 9.17) is 0 Å². The van der Waals surface area contributed by atoms with Gasteiger partial charge in [0.15, 0.2) is 0 Å². The Kier molecular flexibility index (Phi) is 5.41. The summed E-state index contributed by atoms with van der Waals surface area (Å²) < 4.78 is 0. The van der Waals surface area contributed by atoms with Crippen molar-refractivity contribution in [2.45, 2.75) is 45.1 Å². The van der Waals surface area contributed by atoms with Crippen LogP contribution in [-0.4, -0.2) is 34.2 Å². The highest BCUT2D eigenvalue weighted by molar-refractivity contribution is 5.41. The maximum Gasteiger partial charge on any atom is 0.119 e. The number of nitrogens with zero attached hydrogens (tertiary/aromatic N) is 1. The van der Waals surface area contributed by atoms with E-state index in [1.54, 1.807) is 12.1 Å². The molecule has 2 N–H and O–H groups in total. The Morgan fingerprint density at radius 2 is 1.92 bits per heavy atom. The lowest BCUT2D eigenvalue weighted by molar-refractivity contribution is 0.181. The quantitative estimate of drug-likeness (QED) is 0.846. The summed E-state index contributed by atoms with van der Waals surface area (Å²) in [7, 11) is 0. The first-order valence-corrected chi connectivity index (χ1v) is 8.99. The highest BCUT2D eigenvalue weighted by atomic mass is 16.3. The molecule has 3 nitrogen and oxygen atoms in total. The van der Waals surface area contributed by atoms with Crippen LogP contribution < -0.4 is 0 Å². The van der Waals surface area contributed by atoms with E-state index < -0.39 is 0 Å². The minimum atomic E-state index is 0.344. The third kappa shape index (κ3) is 3.90. The molecule has 0 spiro atoms. The van der Waals surface area contributed by atoms with Crippen molar-refractivity contribution < 1.29 is 10.2 Å². The van der Waals surface area contributed by atoms with Crippen LogP contribution in [0, 0.1) is 0 Å². The average Bonchev–Trinajstić information content (AvgIpc) is 2.58. The average molecular weight is 325 g/mol. The van der Waals surface area contributed by atoms with Crippen LogP contribution in [0.15, 0.2) is 42.5 Å². The lowest BCUT2D eigenvalue weighted by atomic mass is 9.86. The Morgan fingerprint density at radius 1 is 1.08 bits per heavy atom. The maximum atomic E-state index is 10.0. The zero-order valence-electron chi connectivity index (χ0n) is 14.4. The molecule has 1 atom stereocenters. The fourth-order valence-corrected chi connectivity index (χ4v) is 3.83. The normalized spacial score (nSPS) is 17.0. The van der Waals surface area contributed by atoms with Crippen LogP contribution in [-0.2, 0) is 19.3 Å². The molecule has 24 heavy (non-hydrogen) atoms. The molecule has 0 fully saturated rings. The van der Waals surface area contributed by atoms with E-state index in [0.29, 0.717) is 17.5 Å². The number of rotatable bonds is 6. The summed E-state index contributed by atoms with van der Waals surface area (Å²) in [5.74, 6) is 0.796. The van der Waals surface area contributed by atoms with Gasteiger partial charge in [-0.2, -0.15) is 0 Å². The van der Waals surface area contributed by atoms with Gasteiger partial charge in [-0.15, -0.1) is 0 Å². The van der Waals surface area contributed by atoms with Crippen molar-refractivity contribution in [1.29, 1.82) is 0 Å². The molecule has 0 radical (unpaired) electrons. The summed E-state index contributed by atoms with van der Waals surface area (Å²) >= 11 is 0. The zero-order chi connectivity index (χ0) is 16.9. The van der Waals surface area contributed by atoms with Gasteiger partial charge in [0.05, 0.1) is 0 Å². The predicted molar refractivity (Wildman–Crippen MR) is 97.6 cm³/mol. The van der Waals surface area contributed by atoms with Gasteiger partial charge in [-0.1, -0.05) is 31.2 Å². The molecule has 1 aliphatic carbocycles. The first-order valence-electron chi connectivity index (χ1n) is 8.99. The van der Waals surface area contributed by atoms with Gasteiger partial charge >= 0.3 is 0 Å². The van der Waals surface area contributed by atoms with E-state index in [0.717, 1.165) is 50.8 Å². The fraction of sp³-hybridized carbons (Fsp3) is 0.429. The van der Waals surface area contributed by atoms with Gasteiger partial charge in [-0.3, -0.25) is 4.90 Å². The van der Waals surface area contributed by atoms with Gasteiger partial charge in [0.2, 0.25) is 0 Å². The van der Waals surface area contributed by atoms with Gasteiger partial charge in [-0.05, 0) is 73.5 Å². The van der Waals surface area contributed by atoms with Crippen molar-refractivity contribution >= 4 is 0 Å². The monoisotopic (exact) mass is 325 g/mol. The summed E-state index contributed by atoms with van der Waals surface area (Å²) in [5, 5.41) is 19.7. The number of hydrogen-bond acceptors (Lipinski definition) is 3. The molecular weight excluding hydrogens is 298 g/mol. The van der Waals surface area contributed by atoms with Crippen molar-refractivity contribution in [1.82, 2.24) is 4.90 Å². The molecule has 0 saturated heterocycles. The zero-order valence-corrected chi connectivity index (χ0v) is 14.4. The van der Waals surface area contributed by atoms with Crippen LogP contribution in [0.5, 0.6) is 11.5 Å². The number of phenolic OH excluding ortho intramolecular Hbond substituents is 2. The molecule has 0 aliphatic heterocycles. The Morgan fingerprint density at radius 3 is 2.71 bits per heavy atom. The lowest BCUT2D eigenvalue weighted by Gasteiger charge is -2.35. The minimum absolute atomic E-state index is 0.344. The smallest absolute Gasteiger partial charge is 0.119 e. The van der Waals surface area contributed by atoms with Crippen molar-refractivity contribution in [2.75, 3.05) is 13.1 Å². The summed E-state index contributed by atoms with van der Waals surface area (Å²) in [6, 6.07) is 14.0. The second kappa shape index (κ2) is 7.71. The van der Waals surface area contributed by atoms with Crippen LogP contribution in [0.25, 0.3) is 0 Å². The molecule has 1 aliphatic rings. The second-order valence-corrected chi connectivity index (χ2v) is 6.77. The summed E-state index contributed by atoms with van der Waals surface area (Å²) in [5.41, 5.74) is 3.62. The second-order valence-electron chi connectivity index (χ2n) is 6.77. The lowest BCUT2D eigenvalue weighted by Crippen LogP contribution is -2.41. The molecule has 0 bridgehead atoms. The molecule has 2 aromatic carbocycles. The van der Waals surface area contributed by atoms with Gasteiger partial charge in [0.25, 0.3) is 0 Å². The fourth-order valence-electron chi connectivity index (χ4n) is 3.83. The molecule has 3 rings (SSSR count). The van der Waals surface area contributed by atoms with E-state index in [9.17, 15) is 10.2 Å². The van der Waals surface area contributed by atoms with Crippen LogP contribution in [0.3, 0.4) is 0 Å². The topological polar surface area (TPSA) is 43.7 Å². The summed E-state index contributed by atoms with van der Waals surface area (Å²) in [6.45, 7) is 4.33. The molecule has 0 heterocycles. The first kappa shape index (κ1) is 16.8. The molecule has 0 aromatic heterocycles. The van der Waals surface area contributed by atoms with E-state index in [-0.39, 0.29) is 0 Å². The Labute approximate surface area is 144 Å². The summed E-state index contributed by atoms with van der Waals surface area (Å²) in [4.78, 5) is 2.58. The van der Waals surface area contributed by atoms with Gasteiger partial charge in [0, 0.05) is 12.6 Å². The SMILES string of the molecule is CCCN(CCc1cccc(O)c1)C1CCc2c(O)cccc2C1. The van der Waals surface area contributed by atoms with Gasteiger partial charge in [-0.25, -0.2) is 0 Å². The number of fused-ring (bicyclic) bond motifs is 1. The Bertz CT molecular complexity index is 683. The molecule has 0 amide bonds. The largest absolute Gasteiger partial charge is 0.508 e. The van der Waals surface area contributed by atoms with Gasteiger partial charge in [0.1, 0.15) is 11.5 Å². The van der Waals surface area contributed by atoms with Crippen LogP contribution >= 0.6 is 0 Å². The summed E-state index contributed by atoms with van der Waals surface area (Å²) in [6.07, 6.45) is 5.18. The van der Waals surface area contributed by atoms with Crippen LogP contribution in [0.1, 0.15) is 36.5 Å². The molecule has 3 heteroatoms. The third-order valence-corrected chi connectivity index (χ3v) is 5.06. The van der Waals surface area contributed by atoms with E-state index in [2.05, 4.69) is 24.0 Å². The first-order chi connectivity index (χ1) is 11.7. The van der Waals surface area contributed by atoms with E-state index in [1.807, 2.05) is 18.2 Å². The molecule has 1 unspecified atom stereocenters. The maximum absolute atomic E-state index is 10.0. The van der Waals surface area contributed by atoms with Gasteiger partial charge < -0.3 is 10.2 Å². The van der Waals surface area contributed by atoms with Crippen LogP contribution in [0.4, 0.5) is 0 Å². The number of aromatic hydroxyl groups is 2. The Balaban J connectivity index is 1.67. The highest BCUT2D eigenvalue weighted by Gasteiger charge is 2.25. The van der Waals surface area contributed by atoms with E-state index in [1.165, 1.54) is 11.1 Å². The standard InChI is InChI=1S/C21H27NO2/c1-2-12-22(13-11-16-5-3-7-19(23)14-16)18-9-10-20-17(15-18)6-4-8-21(20)24/h3-8,14,18,23-24H,2,9-13,15H2,1H3. The number of benzene rings is 2. The molecular formula is C21H27NO2. The number of phenols is 2. The third-order valence-electron chi connectivity index (χ3n) is 5.06. The predicted octanol–water partition coefficient (Wildman–Crippen LogP) is 3.91. The van der Waals surface area contributed by atoms with Crippen molar-refractivity contribution in [3.63, 3.8) is 0 Å². The van der Waals surface area contributed by atoms with Crippen molar-refractivity contribution in [3.8, 4) is 11.5 Å².